The number of carbonyl (C=O) groups is 5. The van der Waals surface area contributed by atoms with E-state index in [9.17, 15) is 24.0 Å². The molecule has 0 aromatic rings. The monoisotopic (exact) mass is 798 g/mol. The van der Waals surface area contributed by atoms with Crippen LogP contribution in [-0.2, 0) is 42.5 Å². The van der Waals surface area contributed by atoms with E-state index in [-0.39, 0.29) is 72.1 Å². The number of carbonyl (C=O) groups excluding carboxylic acids is 5. The molecule has 1 radical (unpaired) electrons. The molecule has 2 aliphatic heterocycles. The maximum Gasteiger partial charge on any atom is 0.315 e. The Morgan fingerprint density at radius 3 is 2.19 bits per heavy atom. The average Bonchev–Trinajstić information content (AvgIpc) is 3.83. The van der Waals surface area contributed by atoms with Crippen molar-refractivity contribution in [2.45, 2.75) is 188 Å². The minimum Gasteiger partial charge on any atom is -0.364 e. The van der Waals surface area contributed by atoms with E-state index in [0.29, 0.717) is 39.1 Å². The molecular weight excluding hydrogens is 723 g/mol. The summed E-state index contributed by atoms with van der Waals surface area (Å²) in [4.78, 5) is 70.2. The second kappa shape index (κ2) is 23.8. The molecule has 309 valence electrons. The van der Waals surface area contributed by atoms with Crippen LogP contribution in [0.5, 0.6) is 0 Å². The maximum absolute atomic E-state index is 14.6. The van der Waals surface area contributed by atoms with Gasteiger partial charge in [0.2, 0.25) is 17.6 Å². The zero-order chi connectivity index (χ0) is 39.0. The Bertz CT molecular complexity index is 1190. The number of urea groups is 1. The van der Waals surface area contributed by atoms with Crippen LogP contribution in [0.4, 0.5) is 4.79 Å². The van der Waals surface area contributed by atoms with Gasteiger partial charge < -0.3 is 30.5 Å². The Balaban J connectivity index is 0.00000244. The molecule has 2 saturated heterocycles. The zero-order valence-corrected chi connectivity index (χ0v) is 36.1. The van der Waals surface area contributed by atoms with Crippen molar-refractivity contribution in [1.29, 1.82) is 0 Å². The molecule has 2 heterocycles. The van der Waals surface area contributed by atoms with Crippen LogP contribution in [0.1, 0.15) is 158 Å². The first kappa shape index (κ1) is 48.0. The second-order valence-electron chi connectivity index (χ2n) is 17.1. The largest absolute Gasteiger partial charge is 0.364 e. The van der Waals surface area contributed by atoms with Gasteiger partial charge in [0.05, 0.1) is 31.5 Å². The van der Waals surface area contributed by atoms with Gasteiger partial charge in [0.25, 0.3) is 5.91 Å². The maximum atomic E-state index is 14.6. The van der Waals surface area contributed by atoms with Crippen LogP contribution in [0.2, 0.25) is 0 Å². The van der Waals surface area contributed by atoms with E-state index in [2.05, 4.69) is 69.7 Å². The van der Waals surface area contributed by atoms with Gasteiger partial charge >= 0.3 is 6.03 Å². The third kappa shape index (κ3) is 14.7. The first-order valence-corrected chi connectivity index (χ1v) is 21.1. The van der Waals surface area contributed by atoms with Crippen molar-refractivity contribution < 1.29 is 47.3 Å². The third-order valence-corrected chi connectivity index (χ3v) is 11.6. The molecule has 0 aromatic heterocycles. The molecule has 4 atom stereocenters. The van der Waals surface area contributed by atoms with Crippen molar-refractivity contribution in [2.75, 3.05) is 33.0 Å². The molecule has 4 fully saturated rings. The predicted molar refractivity (Wildman–Crippen MR) is 209 cm³/mol. The van der Waals surface area contributed by atoms with Gasteiger partial charge in [-0.05, 0) is 75.0 Å². The first-order chi connectivity index (χ1) is 25.3. The summed E-state index contributed by atoms with van der Waals surface area (Å²) >= 11 is 0. The van der Waals surface area contributed by atoms with Crippen LogP contribution in [0, 0.1) is 10.8 Å². The first-order valence-electron chi connectivity index (χ1n) is 21.1. The molecule has 4 N–H and O–H groups in total. The number of nitrogens with zero attached hydrogens (tertiary/aromatic N) is 2. The number of ether oxygens (including phenoxy) is 1. The molecule has 13 heteroatoms. The van der Waals surface area contributed by atoms with E-state index in [1.165, 1.54) is 6.42 Å². The van der Waals surface area contributed by atoms with Crippen molar-refractivity contribution in [1.82, 2.24) is 31.1 Å². The number of nitrogens with one attached hydrogen (secondary N) is 4. The van der Waals surface area contributed by atoms with E-state index < -0.39 is 23.8 Å². The van der Waals surface area contributed by atoms with Crippen LogP contribution in [0.15, 0.2) is 0 Å². The summed E-state index contributed by atoms with van der Waals surface area (Å²) in [5, 5.41) is 12.3. The van der Waals surface area contributed by atoms with E-state index in [1.54, 1.807) is 0 Å². The van der Waals surface area contributed by atoms with E-state index in [4.69, 9.17) is 4.74 Å². The standard InChI is InChI=1S/C38H66N6O6.C3H8.V/c1-6-8-16-29(32(46)34(47)40-27-18-19-27)39-26-50-25-28-15-14-23-44(28)35(48)33(38(7-2)20-11-9-12-21-38)42-36(49)41-30(37(3,4)5)24-43-22-13-10-17-31(43)45;1-3-2;/h27-30,33,39H,6-26H2,1-5H3,(H,40,47)(H2,41,42,49);3H2,1-2H3;/t28-,29?,30+,33+;;/m0../s1. The van der Waals surface area contributed by atoms with Gasteiger partial charge in [-0.15, -0.1) is 0 Å². The molecule has 4 rings (SSSR count). The fourth-order valence-corrected chi connectivity index (χ4v) is 7.92. The van der Waals surface area contributed by atoms with E-state index in [1.807, 2.05) is 9.80 Å². The fraction of sp³-hybridized carbons (Fsp3) is 0.878. The van der Waals surface area contributed by atoms with Gasteiger partial charge in [0.15, 0.2) is 0 Å². The number of ketones is 1. The zero-order valence-electron chi connectivity index (χ0n) is 34.7. The Hall–Kier alpha value is -2.15. The van der Waals surface area contributed by atoms with Gasteiger partial charge in [0.1, 0.15) is 6.04 Å². The SMILES string of the molecule is CCC.CCCCC(NCOC[C@@H]1CCCN1C(=O)[C@@H](NC(=O)N[C@H](CN1CCCCC1=O)C(C)(C)C)C1(CC)CCCCC1)C(=O)C(=O)NC1CC1.[V]. The fourth-order valence-electron chi connectivity index (χ4n) is 7.92. The Labute approximate surface area is 338 Å². The molecule has 54 heavy (non-hydrogen) atoms. The summed E-state index contributed by atoms with van der Waals surface area (Å²) in [5.74, 6) is -0.910. The van der Waals surface area contributed by atoms with Crippen LogP contribution in [-0.4, -0.2) is 103 Å². The minimum absolute atomic E-state index is 0. The molecule has 0 bridgehead atoms. The summed E-state index contributed by atoms with van der Waals surface area (Å²) in [5.41, 5.74) is -0.634. The predicted octanol–water partition coefficient (Wildman–Crippen LogP) is 5.82. The average molecular weight is 798 g/mol. The summed E-state index contributed by atoms with van der Waals surface area (Å²) in [6, 6.07) is -1.96. The molecule has 5 amide bonds. The Morgan fingerprint density at radius 1 is 0.907 bits per heavy atom. The van der Waals surface area contributed by atoms with E-state index >= 15 is 0 Å². The quantitative estimate of drug-likeness (QED) is 0.0777. The van der Waals surface area contributed by atoms with Crippen LogP contribution in [0.3, 0.4) is 0 Å². The van der Waals surface area contributed by atoms with Gasteiger partial charge in [-0.2, -0.15) is 0 Å². The van der Waals surface area contributed by atoms with Crippen LogP contribution in [0.25, 0.3) is 0 Å². The van der Waals surface area contributed by atoms with Crippen LogP contribution >= 0.6 is 0 Å². The van der Waals surface area contributed by atoms with Gasteiger partial charge in [-0.1, -0.05) is 87.0 Å². The van der Waals surface area contributed by atoms with Gasteiger partial charge in [0, 0.05) is 50.7 Å². The number of rotatable bonds is 18. The minimum atomic E-state index is -0.676. The normalized spacial score (nSPS) is 21.5. The second-order valence-corrected chi connectivity index (χ2v) is 17.1. The van der Waals surface area contributed by atoms with Crippen molar-refractivity contribution in [3.8, 4) is 0 Å². The Morgan fingerprint density at radius 2 is 1.59 bits per heavy atom. The number of amides is 5. The van der Waals surface area contributed by atoms with Crippen molar-refractivity contribution >= 4 is 29.5 Å². The summed E-state index contributed by atoms with van der Waals surface area (Å²) < 4.78 is 6.04. The molecule has 0 spiro atoms. The third-order valence-electron chi connectivity index (χ3n) is 11.6. The number of hydrogen-bond acceptors (Lipinski definition) is 7. The molecule has 1 unspecified atom stereocenters. The number of Topliss-reactive ketones (excluding diaryl/α,β-unsaturated/α-hetero) is 1. The molecule has 2 aliphatic carbocycles. The van der Waals surface area contributed by atoms with Gasteiger partial charge in [-0.25, -0.2) is 4.79 Å². The van der Waals surface area contributed by atoms with Gasteiger partial charge in [-0.3, -0.25) is 24.5 Å². The van der Waals surface area contributed by atoms with E-state index in [0.717, 1.165) is 89.9 Å². The summed E-state index contributed by atoms with van der Waals surface area (Å²) in [6.45, 7) is 16.8. The molecule has 4 aliphatic rings. The smallest absolute Gasteiger partial charge is 0.315 e. The summed E-state index contributed by atoms with van der Waals surface area (Å²) in [6.07, 6.45) is 15.2. The number of likely N-dealkylation sites (tertiary alicyclic amines) is 2. The number of piperidine rings is 1. The number of unbranched alkanes of at least 4 members (excludes halogenated alkanes) is 1. The van der Waals surface area contributed by atoms with Crippen molar-refractivity contribution in [2.24, 2.45) is 10.8 Å². The molecule has 12 nitrogen and oxygen atoms in total. The van der Waals surface area contributed by atoms with Crippen molar-refractivity contribution in [3.05, 3.63) is 0 Å². The van der Waals surface area contributed by atoms with Crippen molar-refractivity contribution in [3.63, 3.8) is 0 Å². The molecular formula is C41H74N6O6V. The summed E-state index contributed by atoms with van der Waals surface area (Å²) in [7, 11) is 0. The van der Waals surface area contributed by atoms with Crippen LogP contribution < -0.4 is 21.3 Å². The molecule has 0 aromatic carbocycles. The Kier molecular flexibility index (Phi) is 21.2. The number of hydrogen-bond donors (Lipinski definition) is 4. The topological polar surface area (TPSA) is 149 Å². The molecule has 2 saturated carbocycles.